The second kappa shape index (κ2) is 8.05. The molecular formula is C21H18O8. The van der Waals surface area contributed by atoms with E-state index in [1.54, 1.807) is 24.3 Å². The Morgan fingerprint density at radius 3 is 2.17 bits per heavy atom. The summed E-state index contributed by atoms with van der Waals surface area (Å²) < 4.78 is 16.6. The van der Waals surface area contributed by atoms with E-state index in [2.05, 4.69) is 0 Å². The Balaban J connectivity index is 2.19. The molecule has 2 unspecified atom stereocenters. The molecule has 1 aromatic heterocycles. The van der Waals surface area contributed by atoms with Gasteiger partial charge in [0.2, 0.25) is 0 Å². The van der Waals surface area contributed by atoms with E-state index in [0.29, 0.717) is 11.3 Å². The third-order valence-electron chi connectivity index (χ3n) is 4.14. The molecule has 0 aliphatic carbocycles. The van der Waals surface area contributed by atoms with Gasteiger partial charge < -0.3 is 24.1 Å². The molecule has 3 rings (SSSR count). The molecule has 2 atom stereocenters. The van der Waals surface area contributed by atoms with Crippen LogP contribution < -0.4 is 14.9 Å². The maximum Gasteiger partial charge on any atom is 0.344 e. The molecule has 29 heavy (non-hydrogen) atoms. The minimum absolute atomic E-state index is 0.0353. The summed E-state index contributed by atoms with van der Waals surface area (Å²) in [4.78, 5) is 35.0. The molecule has 0 saturated heterocycles. The SMILES string of the molecule is CC(Oc1cc(OC(C)C(=O)O)c2c(=O)cc(-c3ccccc3)oc2c1)C(=O)O. The van der Waals surface area contributed by atoms with Crippen LogP contribution in [0.5, 0.6) is 11.5 Å². The Labute approximate surface area is 164 Å². The zero-order valence-corrected chi connectivity index (χ0v) is 15.6. The van der Waals surface area contributed by atoms with Crippen LogP contribution in [0, 0.1) is 0 Å². The van der Waals surface area contributed by atoms with Crippen molar-refractivity contribution in [1.29, 1.82) is 0 Å². The van der Waals surface area contributed by atoms with Crippen LogP contribution in [0.15, 0.2) is 57.7 Å². The monoisotopic (exact) mass is 398 g/mol. The van der Waals surface area contributed by atoms with E-state index in [9.17, 15) is 14.4 Å². The minimum atomic E-state index is -1.25. The molecule has 0 amide bonds. The van der Waals surface area contributed by atoms with Crippen LogP contribution in [0.4, 0.5) is 0 Å². The number of hydrogen-bond donors (Lipinski definition) is 2. The van der Waals surface area contributed by atoms with Crippen LogP contribution in [0.1, 0.15) is 13.8 Å². The molecule has 3 aromatic rings. The number of carboxylic acid groups (broad SMARTS) is 2. The predicted octanol–water partition coefficient (Wildman–Crippen LogP) is 3.16. The van der Waals surface area contributed by atoms with Gasteiger partial charge in [0.15, 0.2) is 17.6 Å². The molecule has 1 heterocycles. The quantitative estimate of drug-likeness (QED) is 0.622. The molecule has 0 bridgehead atoms. The third kappa shape index (κ3) is 4.37. The van der Waals surface area contributed by atoms with E-state index >= 15 is 0 Å². The highest BCUT2D eigenvalue weighted by Gasteiger charge is 2.21. The van der Waals surface area contributed by atoms with Crippen molar-refractivity contribution in [2.75, 3.05) is 0 Å². The van der Waals surface area contributed by atoms with E-state index in [-0.39, 0.29) is 22.5 Å². The number of rotatable bonds is 7. The first-order valence-electron chi connectivity index (χ1n) is 8.72. The lowest BCUT2D eigenvalue weighted by Gasteiger charge is -2.16. The lowest BCUT2D eigenvalue weighted by atomic mass is 10.1. The van der Waals surface area contributed by atoms with Gasteiger partial charge in [0.05, 0.1) is 0 Å². The average molecular weight is 398 g/mol. The molecule has 0 aliphatic heterocycles. The van der Waals surface area contributed by atoms with Gasteiger partial charge in [0.25, 0.3) is 0 Å². The average Bonchev–Trinajstić information content (AvgIpc) is 2.67. The summed E-state index contributed by atoms with van der Waals surface area (Å²) in [6, 6.07) is 12.9. The molecule has 150 valence electrons. The molecule has 8 heteroatoms. The molecule has 0 spiro atoms. The van der Waals surface area contributed by atoms with Crippen molar-refractivity contribution in [1.82, 2.24) is 0 Å². The first-order chi connectivity index (χ1) is 13.8. The summed E-state index contributed by atoms with van der Waals surface area (Å²) >= 11 is 0. The molecule has 0 radical (unpaired) electrons. The predicted molar refractivity (Wildman–Crippen MR) is 103 cm³/mol. The second-order valence-electron chi connectivity index (χ2n) is 6.33. The smallest absolute Gasteiger partial charge is 0.344 e. The van der Waals surface area contributed by atoms with E-state index in [1.165, 1.54) is 32.0 Å². The highest BCUT2D eigenvalue weighted by molar-refractivity contribution is 5.87. The third-order valence-corrected chi connectivity index (χ3v) is 4.14. The Morgan fingerprint density at radius 2 is 1.55 bits per heavy atom. The number of aliphatic carboxylic acids is 2. The van der Waals surface area contributed by atoms with Crippen LogP contribution in [-0.2, 0) is 9.59 Å². The van der Waals surface area contributed by atoms with Crippen molar-refractivity contribution >= 4 is 22.9 Å². The summed E-state index contributed by atoms with van der Waals surface area (Å²) in [6.07, 6.45) is -2.43. The van der Waals surface area contributed by atoms with Gasteiger partial charge in [-0.15, -0.1) is 0 Å². The Bertz CT molecular complexity index is 1120. The Hall–Kier alpha value is -3.81. The van der Waals surface area contributed by atoms with Gasteiger partial charge in [-0.3, -0.25) is 4.79 Å². The lowest BCUT2D eigenvalue weighted by molar-refractivity contribution is -0.144. The number of carboxylic acids is 2. The van der Waals surface area contributed by atoms with Crippen molar-refractivity contribution in [3.8, 4) is 22.8 Å². The topological polar surface area (TPSA) is 123 Å². The maximum atomic E-state index is 12.8. The van der Waals surface area contributed by atoms with Gasteiger partial charge >= 0.3 is 11.9 Å². The summed E-state index contributed by atoms with van der Waals surface area (Å²) in [5.41, 5.74) is 0.313. The standard InChI is InChI=1S/C21H18O8/c1-11(20(23)24)27-14-8-17(28-12(2)21(25)26)19-15(22)10-16(29-18(19)9-14)13-6-4-3-5-7-13/h3-12H,1-2H3,(H,23,24)(H,25,26). The fourth-order valence-electron chi connectivity index (χ4n) is 2.63. The molecule has 0 saturated carbocycles. The zero-order valence-electron chi connectivity index (χ0n) is 15.6. The minimum Gasteiger partial charge on any atom is -0.479 e. The van der Waals surface area contributed by atoms with Crippen LogP contribution in [-0.4, -0.2) is 34.4 Å². The van der Waals surface area contributed by atoms with Crippen molar-refractivity contribution in [3.05, 3.63) is 58.8 Å². The van der Waals surface area contributed by atoms with Crippen LogP contribution in [0.2, 0.25) is 0 Å². The van der Waals surface area contributed by atoms with E-state index < -0.39 is 29.6 Å². The first-order valence-corrected chi connectivity index (χ1v) is 8.72. The molecule has 2 N–H and O–H groups in total. The second-order valence-corrected chi connectivity index (χ2v) is 6.33. The molecule has 0 fully saturated rings. The van der Waals surface area contributed by atoms with E-state index in [4.69, 9.17) is 24.1 Å². The van der Waals surface area contributed by atoms with Gasteiger partial charge in [0, 0.05) is 23.8 Å². The van der Waals surface area contributed by atoms with Gasteiger partial charge in [-0.05, 0) is 13.8 Å². The molecular weight excluding hydrogens is 380 g/mol. The summed E-state index contributed by atoms with van der Waals surface area (Å²) in [6.45, 7) is 2.64. The zero-order chi connectivity index (χ0) is 21.1. The van der Waals surface area contributed by atoms with Crippen molar-refractivity contribution < 1.29 is 33.7 Å². The van der Waals surface area contributed by atoms with E-state index in [1.807, 2.05) is 6.07 Å². The lowest BCUT2D eigenvalue weighted by Crippen LogP contribution is -2.24. The van der Waals surface area contributed by atoms with Crippen LogP contribution >= 0.6 is 0 Å². The summed E-state index contributed by atoms with van der Waals surface area (Å²) in [5, 5.41) is 18.2. The fourth-order valence-corrected chi connectivity index (χ4v) is 2.63. The van der Waals surface area contributed by atoms with E-state index in [0.717, 1.165) is 0 Å². The van der Waals surface area contributed by atoms with Gasteiger partial charge in [-0.25, -0.2) is 9.59 Å². The van der Waals surface area contributed by atoms with Crippen molar-refractivity contribution in [2.45, 2.75) is 26.1 Å². The van der Waals surface area contributed by atoms with Gasteiger partial charge in [0.1, 0.15) is 28.2 Å². The highest BCUT2D eigenvalue weighted by Crippen LogP contribution is 2.33. The van der Waals surface area contributed by atoms with Gasteiger partial charge in [-0.1, -0.05) is 30.3 Å². The number of benzene rings is 2. The van der Waals surface area contributed by atoms with Gasteiger partial charge in [-0.2, -0.15) is 0 Å². The Morgan fingerprint density at radius 1 is 0.931 bits per heavy atom. The number of hydrogen-bond acceptors (Lipinski definition) is 6. The summed E-state index contributed by atoms with van der Waals surface area (Å²) in [5.74, 6) is -2.13. The summed E-state index contributed by atoms with van der Waals surface area (Å²) in [7, 11) is 0. The molecule has 2 aromatic carbocycles. The maximum absolute atomic E-state index is 12.8. The first kappa shape index (κ1) is 19.9. The molecule has 0 aliphatic rings. The normalized spacial score (nSPS) is 12.9. The van der Waals surface area contributed by atoms with Crippen LogP contribution in [0.25, 0.3) is 22.3 Å². The Kier molecular flexibility index (Phi) is 5.54. The van der Waals surface area contributed by atoms with Crippen LogP contribution in [0.3, 0.4) is 0 Å². The van der Waals surface area contributed by atoms with Crippen molar-refractivity contribution in [3.63, 3.8) is 0 Å². The fraction of sp³-hybridized carbons (Fsp3) is 0.190. The largest absolute Gasteiger partial charge is 0.479 e. The van der Waals surface area contributed by atoms with Crippen molar-refractivity contribution in [2.24, 2.45) is 0 Å². The number of carbonyl (C=O) groups is 2. The highest BCUT2D eigenvalue weighted by atomic mass is 16.5. The number of ether oxygens (including phenoxy) is 2. The molecule has 8 nitrogen and oxygen atoms in total. The number of fused-ring (bicyclic) bond motifs is 1.